The molecule has 19 heavy (non-hydrogen) atoms. The molecule has 1 saturated heterocycles. The van der Waals surface area contributed by atoms with E-state index in [0.29, 0.717) is 13.1 Å². The van der Waals surface area contributed by atoms with E-state index in [1.807, 2.05) is 14.0 Å². The second-order valence-corrected chi connectivity index (χ2v) is 7.50. The Morgan fingerprint density at radius 3 is 2.63 bits per heavy atom. The molecule has 106 valence electrons. The fourth-order valence-corrected chi connectivity index (χ4v) is 4.58. The summed E-state index contributed by atoms with van der Waals surface area (Å²) in [6.07, 6.45) is 0. The van der Waals surface area contributed by atoms with Gasteiger partial charge in [0.1, 0.15) is 10.7 Å². The summed E-state index contributed by atoms with van der Waals surface area (Å²) in [6, 6.07) is 3.33. The topological polar surface area (TPSA) is 49.4 Å². The fraction of sp³-hybridized carbons (Fsp3) is 0.500. The molecule has 1 aromatic carbocycles. The van der Waals surface area contributed by atoms with E-state index in [0.717, 1.165) is 18.7 Å². The van der Waals surface area contributed by atoms with Crippen molar-refractivity contribution in [3.8, 4) is 0 Å². The second kappa shape index (κ2) is 5.01. The zero-order valence-corrected chi connectivity index (χ0v) is 12.4. The Morgan fingerprint density at radius 2 is 2.11 bits per heavy atom. The Kier molecular flexibility index (Phi) is 3.88. The average Bonchev–Trinajstić information content (AvgIpc) is 2.25. The van der Waals surface area contributed by atoms with Gasteiger partial charge in [-0.05, 0) is 25.2 Å². The van der Waals surface area contributed by atoms with E-state index in [1.54, 1.807) is 0 Å². The molecule has 1 N–H and O–H groups in total. The molecule has 0 aromatic heterocycles. The highest BCUT2D eigenvalue weighted by Gasteiger charge is 2.45. The van der Waals surface area contributed by atoms with Gasteiger partial charge in [0.25, 0.3) is 0 Å². The molecule has 4 nitrogen and oxygen atoms in total. The van der Waals surface area contributed by atoms with E-state index in [9.17, 15) is 12.8 Å². The smallest absolute Gasteiger partial charge is 0.244 e. The third kappa shape index (κ3) is 2.76. The largest absolute Gasteiger partial charge is 0.319 e. The van der Waals surface area contributed by atoms with Gasteiger partial charge in [0.05, 0.1) is 5.02 Å². The van der Waals surface area contributed by atoms with Gasteiger partial charge in [-0.2, -0.15) is 4.31 Å². The van der Waals surface area contributed by atoms with Crippen molar-refractivity contribution in [3.05, 3.63) is 29.0 Å². The molecule has 0 unspecified atom stereocenters. The lowest BCUT2D eigenvalue weighted by Gasteiger charge is -2.46. The Hall–Kier alpha value is -0.690. The monoisotopic (exact) mass is 306 g/mol. The van der Waals surface area contributed by atoms with Gasteiger partial charge in [-0.25, -0.2) is 12.8 Å². The molecule has 1 aromatic rings. The summed E-state index contributed by atoms with van der Waals surface area (Å²) in [7, 11) is -1.80. The fourth-order valence-electron chi connectivity index (χ4n) is 2.34. The highest BCUT2D eigenvalue weighted by Crippen LogP contribution is 2.35. The number of halogens is 2. The van der Waals surface area contributed by atoms with Crippen LogP contribution in [0.15, 0.2) is 23.1 Å². The third-order valence-corrected chi connectivity index (χ3v) is 5.51. The predicted molar refractivity (Wildman–Crippen MR) is 72.2 cm³/mol. The van der Waals surface area contributed by atoms with Crippen LogP contribution >= 0.6 is 11.6 Å². The van der Waals surface area contributed by atoms with Gasteiger partial charge >= 0.3 is 0 Å². The van der Waals surface area contributed by atoms with Gasteiger partial charge in [0.2, 0.25) is 10.0 Å². The van der Waals surface area contributed by atoms with Crippen LogP contribution in [0.3, 0.4) is 0 Å². The van der Waals surface area contributed by atoms with Crippen LogP contribution in [-0.4, -0.2) is 39.4 Å². The first kappa shape index (κ1) is 14.7. The molecule has 2 rings (SSSR count). The van der Waals surface area contributed by atoms with Crippen molar-refractivity contribution in [3.63, 3.8) is 0 Å². The van der Waals surface area contributed by atoms with E-state index in [1.165, 1.54) is 10.4 Å². The lowest BCUT2D eigenvalue weighted by Crippen LogP contribution is -2.60. The maximum atomic E-state index is 13.0. The number of nitrogens with zero attached hydrogens (tertiary/aromatic N) is 1. The first-order valence-electron chi connectivity index (χ1n) is 5.88. The molecule has 1 aliphatic heterocycles. The Balaban J connectivity index is 2.21. The van der Waals surface area contributed by atoms with Crippen LogP contribution in [0.1, 0.15) is 6.92 Å². The average molecular weight is 307 g/mol. The molecule has 0 bridgehead atoms. The SMILES string of the molecule is CNCC1(C)CN(S(=O)(=O)c2ccc(F)cc2Cl)C1. The number of nitrogens with one attached hydrogen (secondary N) is 1. The number of hydrogen-bond acceptors (Lipinski definition) is 3. The van der Waals surface area contributed by atoms with Gasteiger partial charge in [0, 0.05) is 25.0 Å². The van der Waals surface area contributed by atoms with Crippen LogP contribution in [0.5, 0.6) is 0 Å². The van der Waals surface area contributed by atoms with Crippen molar-refractivity contribution in [1.29, 1.82) is 0 Å². The van der Waals surface area contributed by atoms with Crippen LogP contribution in [0, 0.1) is 11.2 Å². The second-order valence-electron chi connectivity index (χ2n) is 5.19. The molecular weight excluding hydrogens is 291 g/mol. The number of benzene rings is 1. The Bertz CT molecular complexity index is 585. The van der Waals surface area contributed by atoms with Crippen molar-refractivity contribution in [1.82, 2.24) is 9.62 Å². The summed E-state index contributed by atoms with van der Waals surface area (Å²) >= 11 is 5.81. The van der Waals surface area contributed by atoms with Crippen LogP contribution in [0.2, 0.25) is 5.02 Å². The Morgan fingerprint density at radius 1 is 1.47 bits per heavy atom. The minimum atomic E-state index is -3.63. The first-order valence-corrected chi connectivity index (χ1v) is 7.70. The van der Waals surface area contributed by atoms with Crippen LogP contribution in [-0.2, 0) is 10.0 Å². The molecule has 0 aliphatic carbocycles. The van der Waals surface area contributed by atoms with Crippen molar-refractivity contribution >= 4 is 21.6 Å². The number of hydrogen-bond donors (Lipinski definition) is 1. The van der Waals surface area contributed by atoms with Crippen molar-refractivity contribution in [2.45, 2.75) is 11.8 Å². The van der Waals surface area contributed by atoms with Gasteiger partial charge in [-0.15, -0.1) is 0 Å². The van der Waals surface area contributed by atoms with E-state index in [-0.39, 0.29) is 15.3 Å². The standard InChI is InChI=1S/C12H16ClFN2O2S/c1-12(6-15-2)7-16(8-12)19(17,18)11-4-3-9(14)5-10(11)13/h3-5,15H,6-8H2,1-2H3. The summed E-state index contributed by atoms with van der Waals surface area (Å²) < 4.78 is 39.0. The van der Waals surface area contributed by atoms with Crippen molar-refractivity contribution in [2.24, 2.45) is 5.41 Å². The number of rotatable bonds is 4. The highest BCUT2D eigenvalue weighted by molar-refractivity contribution is 7.89. The van der Waals surface area contributed by atoms with Crippen LogP contribution in [0.25, 0.3) is 0 Å². The molecule has 7 heteroatoms. The molecule has 0 atom stereocenters. The maximum Gasteiger partial charge on any atom is 0.244 e. The quantitative estimate of drug-likeness (QED) is 0.921. The van der Waals surface area contributed by atoms with E-state index >= 15 is 0 Å². The third-order valence-electron chi connectivity index (χ3n) is 3.23. The Labute approximate surface area is 117 Å². The normalized spacial score (nSPS) is 19.2. The summed E-state index contributed by atoms with van der Waals surface area (Å²) in [4.78, 5) is -0.0397. The van der Waals surface area contributed by atoms with Crippen LogP contribution in [0.4, 0.5) is 4.39 Å². The lowest BCUT2D eigenvalue weighted by atomic mass is 9.84. The zero-order valence-electron chi connectivity index (χ0n) is 10.8. The van der Waals surface area contributed by atoms with Crippen LogP contribution < -0.4 is 5.32 Å². The maximum absolute atomic E-state index is 13.0. The molecule has 1 heterocycles. The summed E-state index contributed by atoms with van der Waals surface area (Å²) in [5, 5.41) is 2.96. The highest BCUT2D eigenvalue weighted by atomic mass is 35.5. The molecule has 0 amide bonds. The first-order chi connectivity index (χ1) is 8.78. The van der Waals surface area contributed by atoms with E-state index < -0.39 is 15.8 Å². The molecule has 1 fully saturated rings. The summed E-state index contributed by atoms with van der Waals surface area (Å²) in [6.45, 7) is 3.63. The minimum Gasteiger partial charge on any atom is -0.319 e. The molecule has 1 aliphatic rings. The molecule has 0 saturated carbocycles. The summed E-state index contributed by atoms with van der Waals surface area (Å²) in [5.74, 6) is -0.549. The van der Waals surface area contributed by atoms with Gasteiger partial charge in [-0.3, -0.25) is 0 Å². The lowest BCUT2D eigenvalue weighted by molar-refractivity contribution is 0.0916. The minimum absolute atomic E-state index is 0.0397. The van der Waals surface area contributed by atoms with Gasteiger partial charge < -0.3 is 5.32 Å². The van der Waals surface area contributed by atoms with Gasteiger partial charge in [-0.1, -0.05) is 18.5 Å². The summed E-state index contributed by atoms with van der Waals surface area (Å²) in [5.41, 5.74) is -0.0612. The molecular formula is C12H16ClFN2O2S. The zero-order chi connectivity index (χ0) is 14.3. The molecule has 0 radical (unpaired) electrons. The van der Waals surface area contributed by atoms with Crippen molar-refractivity contribution in [2.75, 3.05) is 26.7 Å². The number of sulfonamides is 1. The van der Waals surface area contributed by atoms with Crippen molar-refractivity contribution < 1.29 is 12.8 Å². The van der Waals surface area contributed by atoms with Gasteiger partial charge in [0.15, 0.2) is 0 Å². The predicted octanol–water partition coefficient (Wildman–Crippen LogP) is 1.71. The van der Waals surface area contributed by atoms with E-state index in [4.69, 9.17) is 11.6 Å². The molecule has 0 spiro atoms. The van der Waals surface area contributed by atoms with E-state index in [2.05, 4.69) is 5.32 Å².